The van der Waals surface area contributed by atoms with Crippen molar-refractivity contribution in [3.05, 3.63) is 0 Å². The highest BCUT2D eigenvalue weighted by Crippen LogP contribution is 2.34. The largest absolute Gasteiger partial charge is 0.368 e. The molecule has 0 bridgehead atoms. The number of ketones is 1. The second-order valence-corrected chi connectivity index (χ2v) is 5.01. The van der Waals surface area contributed by atoms with Crippen LogP contribution in [0, 0.1) is 5.92 Å². The molecule has 0 aliphatic heterocycles. The lowest BCUT2D eigenvalue weighted by Crippen LogP contribution is -2.44. The lowest BCUT2D eigenvalue weighted by Gasteiger charge is -2.36. The second-order valence-electron chi connectivity index (χ2n) is 5.01. The molecule has 0 aromatic carbocycles. The molecule has 1 aliphatic rings. The zero-order valence-electron chi connectivity index (χ0n) is 10.3. The van der Waals surface area contributed by atoms with Crippen molar-refractivity contribution in [3.63, 3.8) is 0 Å². The van der Waals surface area contributed by atoms with Crippen molar-refractivity contribution in [2.75, 3.05) is 6.61 Å². The van der Waals surface area contributed by atoms with Crippen LogP contribution < -0.4 is 0 Å². The predicted octanol–water partition coefficient (Wildman–Crippen LogP) is 3.34. The van der Waals surface area contributed by atoms with Crippen molar-refractivity contribution in [2.45, 2.75) is 64.9 Å². The van der Waals surface area contributed by atoms with E-state index in [1.165, 1.54) is 6.42 Å². The van der Waals surface area contributed by atoms with E-state index in [2.05, 4.69) is 13.8 Å². The SMILES string of the molecule is CCOC1(C(=O)CC(C)C)CCCCC1. The molecule has 1 saturated carbocycles. The van der Waals surface area contributed by atoms with Gasteiger partial charge in [0.05, 0.1) is 0 Å². The zero-order chi connectivity index (χ0) is 11.3. The van der Waals surface area contributed by atoms with Crippen LogP contribution in [0.4, 0.5) is 0 Å². The average Bonchev–Trinajstić information content (AvgIpc) is 2.18. The van der Waals surface area contributed by atoms with Crippen molar-refractivity contribution in [1.29, 1.82) is 0 Å². The maximum atomic E-state index is 12.2. The monoisotopic (exact) mass is 212 g/mol. The Hall–Kier alpha value is -0.370. The van der Waals surface area contributed by atoms with Crippen molar-refractivity contribution < 1.29 is 9.53 Å². The third kappa shape index (κ3) is 3.30. The summed E-state index contributed by atoms with van der Waals surface area (Å²) in [5, 5.41) is 0. The first kappa shape index (κ1) is 12.7. The van der Waals surface area contributed by atoms with Gasteiger partial charge in [0.25, 0.3) is 0 Å². The number of carbonyl (C=O) groups is 1. The first-order valence-electron chi connectivity index (χ1n) is 6.28. The molecule has 0 amide bonds. The van der Waals surface area contributed by atoms with Gasteiger partial charge in [0.2, 0.25) is 0 Å². The van der Waals surface area contributed by atoms with Gasteiger partial charge < -0.3 is 4.74 Å². The van der Waals surface area contributed by atoms with Gasteiger partial charge in [-0.15, -0.1) is 0 Å². The molecule has 0 heterocycles. The van der Waals surface area contributed by atoms with E-state index in [0.29, 0.717) is 24.7 Å². The second kappa shape index (κ2) is 5.64. The van der Waals surface area contributed by atoms with E-state index in [0.717, 1.165) is 25.7 Å². The molecule has 0 aromatic heterocycles. The van der Waals surface area contributed by atoms with E-state index < -0.39 is 5.60 Å². The molecular formula is C13H24O2. The van der Waals surface area contributed by atoms with Crippen molar-refractivity contribution in [3.8, 4) is 0 Å². The Kier molecular flexibility index (Phi) is 4.78. The molecule has 0 unspecified atom stereocenters. The number of carbonyl (C=O) groups excluding carboxylic acids is 1. The lowest BCUT2D eigenvalue weighted by atomic mass is 9.79. The lowest BCUT2D eigenvalue weighted by molar-refractivity contribution is -0.149. The summed E-state index contributed by atoms with van der Waals surface area (Å²) in [6.45, 7) is 6.84. The molecule has 0 atom stereocenters. The molecule has 1 aliphatic carbocycles. The van der Waals surface area contributed by atoms with Crippen LogP contribution in [0.15, 0.2) is 0 Å². The van der Waals surface area contributed by atoms with Gasteiger partial charge in [-0.25, -0.2) is 0 Å². The third-order valence-corrected chi connectivity index (χ3v) is 3.18. The third-order valence-electron chi connectivity index (χ3n) is 3.18. The van der Waals surface area contributed by atoms with Gasteiger partial charge in [0.1, 0.15) is 5.60 Å². The Bertz CT molecular complexity index is 197. The number of hydrogen-bond acceptors (Lipinski definition) is 2. The summed E-state index contributed by atoms with van der Waals surface area (Å²) in [4.78, 5) is 12.2. The average molecular weight is 212 g/mol. The normalized spacial score (nSPS) is 20.5. The van der Waals surface area contributed by atoms with Crippen LogP contribution in [0.1, 0.15) is 59.3 Å². The van der Waals surface area contributed by atoms with Crippen LogP contribution in [-0.4, -0.2) is 18.0 Å². The van der Waals surface area contributed by atoms with Crippen molar-refractivity contribution in [2.24, 2.45) is 5.92 Å². The summed E-state index contributed by atoms with van der Waals surface area (Å²) in [5.74, 6) is 0.774. The molecule has 1 rings (SSSR count). The summed E-state index contributed by atoms with van der Waals surface area (Å²) >= 11 is 0. The molecule has 2 nitrogen and oxygen atoms in total. The van der Waals surface area contributed by atoms with Gasteiger partial charge in [0, 0.05) is 13.0 Å². The summed E-state index contributed by atoms with van der Waals surface area (Å²) in [5.41, 5.74) is -0.419. The van der Waals surface area contributed by atoms with E-state index in [1.807, 2.05) is 6.92 Å². The molecule has 0 radical (unpaired) electrons. The minimum absolute atomic E-state index is 0.332. The fourth-order valence-electron chi connectivity index (χ4n) is 2.46. The fraction of sp³-hybridized carbons (Fsp3) is 0.923. The maximum Gasteiger partial charge on any atom is 0.164 e. The Labute approximate surface area is 93.4 Å². The fourth-order valence-corrected chi connectivity index (χ4v) is 2.46. The summed E-state index contributed by atoms with van der Waals surface area (Å²) in [6, 6.07) is 0. The Morgan fingerprint density at radius 2 is 1.87 bits per heavy atom. The molecule has 0 spiro atoms. The first-order chi connectivity index (χ1) is 7.10. The number of rotatable bonds is 5. The Morgan fingerprint density at radius 1 is 1.27 bits per heavy atom. The van der Waals surface area contributed by atoms with Crippen LogP contribution >= 0.6 is 0 Å². The van der Waals surface area contributed by atoms with Crippen LogP contribution in [0.25, 0.3) is 0 Å². The highest BCUT2D eigenvalue weighted by Gasteiger charge is 2.39. The van der Waals surface area contributed by atoms with E-state index in [1.54, 1.807) is 0 Å². The number of hydrogen-bond donors (Lipinski definition) is 0. The smallest absolute Gasteiger partial charge is 0.164 e. The standard InChI is InChI=1S/C13H24O2/c1-4-15-13(8-6-5-7-9-13)12(14)10-11(2)3/h11H,4-10H2,1-3H3. The van der Waals surface area contributed by atoms with Crippen LogP contribution in [0.3, 0.4) is 0 Å². The highest BCUT2D eigenvalue weighted by molar-refractivity contribution is 5.87. The van der Waals surface area contributed by atoms with Gasteiger partial charge in [-0.3, -0.25) is 4.79 Å². The molecule has 15 heavy (non-hydrogen) atoms. The topological polar surface area (TPSA) is 26.3 Å². The van der Waals surface area contributed by atoms with Gasteiger partial charge in [-0.2, -0.15) is 0 Å². The van der Waals surface area contributed by atoms with Gasteiger partial charge in [-0.1, -0.05) is 33.1 Å². The maximum absolute atomic E-state index is 12.2. The van der Waals surface area contributed by atoms with Crippen LogP contribution in [-0.2, 0) is 9.53 Å². The Morgan fingerprint density at radius 3 is 2.33 bits per heavy atom. The zero-order valence-corrected chi connectivity index (χ0v) is 10.3. The van der Waals surface area contributed by atoms with E-state index in [9.17, 15) is 4.79 Å². The number of Topliss-reactive ketones (excluding diaryl/α,β-unsaturated/α-hetero) is 1. The van der Waals surface area contributed by atoms with Crippen LogP contribution in [0.2, 0.25) is 0 Å². The summed E-state index contributed by atoms with van der Waals surface area (Å²) in [6.07, 6.45) is 6.08. The van der Waals surface area contributed by atoms with E-state index in [4.69, 9.17) is 4.74 Å². The number of ether oxygens (including phenoxy) is 1. The first-order valence-corrected chi connectivity index (χ1v) is 6.28. The van der Waals surface area contributed by atoms with E-state index >= 15 is 0 Å². The van der Waals surface area contributed by atoms with Gasteiger partial charge in [0.15, 0.2) is 5.78 Å². The Balaban J connectivity index is 2.66. The predicted molar refractivity (Wildman–Crippen MR) is 61.9 cm³/mol. The minimum Gasteiger partial charge on any atom is -0.368 e. The summed E-state index contributed by atoms with van der Waals surface area (Å²) < 4.78 is 5.78. The molecule has 0 aromatic rings. The van der Waals surface area contributed by atoms with Crippen molar-refractivity contribution in [1.82, 2.24) is 0 Å². The molecule has 2 heteroatoms. The highest BCUT2D eigenvalue weighted by atomic mass is 16.5. The van der Waals surface area contributed by atoms with Gasteiger partial charge >= 0.3 is 0 Å². The summed E-state index contributed by atoms with van der Waals surface area (Å²) in [7, 11) is 0. The molecule has 0 N–H and O–H groups in total. The van der Waals surface area contributed by atoms with Crippen LogP contribution in [0.5, 0.6) is 0 Å². The minimum atomic E-state index is -0.419. The van der Waals surface area contributed by atoms with Gasteiger partial charge in [-0.05, 0) is 25.7 Å². The van der Waals surface area contributed by atoms with Crippen molar-refractivity contribution >= 4 is 5.78 Å². The molecule has 88 valence electrons. The quantitative estimate of drug-likeness (QED) is 0.698. The molecular weight excluding hydrogens is 188 g/mol. The molecule has 1 fully saturated rings. The molecule has 0 saturated heterocycles. The van der Waals surface area contributed by atoms with E-state index in [-0.39, 0.29) is 0 Å².